The van der Waals surface area contributed by atoms with E-state index in [0.29, 0.717) is 17.2 Å². The van der Waals surface area contributed by atoms with Gasteiger partial charge < -0.3 is 4.74 Å². The van der Waals surface area contributed by atoms with Crippen LogP contribution < -0.4 is 4.74 Å². The van der Waals surface area contributed by atoms with Gasteiger partial charge >= 0.3 is 0 Å². The first-order valence-electron chi connectivity index (χ1n) is 6.28. The third kappa shape index (κ3) is 2.34. The summed E-state index contributed by atoms with van der Waals surface area (Å²) in [6.07, 6.45) is -0.248. The molecule has 2 atom stereocenters. The first-order chi connectivity index (χ1) is 9.65. The van der Waals surface area contributed by atoms with Gasteiger partial charge in [-0.1, -0.05) is 41.9 Å². The van der Waals surface area contributed by atoms with Gasteiger partial charge in [0.05, 0.1) is 0 Å². The van der Waals surface area contributed by atoms with Crippen LogP contribution in [0.25, 0.3) is 0 Å². The van der Waals surface area contributed by atoms with Crippen molar-refractivity contribution in [2.75, 3.05) is 0 Å². The summed E-state index contributed by atoms with van der Waals surface area (Å²) in [6.45, 7) is 0. The van der Waals surface area contributed by atoms with Crippen molar-refractivity contribution >= 4 is 11.6 Å². The Labute approximate surface area is 121 Å². The Balaban J connectivity index is 2.02. The zero-order chi connectivity index (χ0) is 14.1. The fraction of sp³-hybridized carbons (Fsp3) is 0.200. The van der Waals surface area contributed by atoms with Crippen LogP contribution in [0.15, 0.2) is 48.5 Å². The van der Waals surface area contributed by atoms with E-state index >= 15 is 0 Å². The van der Waals surface area contributed by atoms with Crippen molar-refractivity contribution in [2.24, 2.45) is 0 Å². The number of hydrogen-bond donors (Lipinski definition) is 0. The Kier molecular flexibility index (Phi) is 3.32. The van der Waals surface area contributed by atoms with Crippen LogP contribution in [0.1, 0.15) is 17.2 Å². The first kappa shape index (κ1) is 12.9. The summed E-state index contributed by atoms with van der Waals surface area (Å²) in [7, 11) is 0. The minimum atomic E-state index is -0.802. The molecular formula is C15H12ClNO3. The van der Waals surface area contributed by atoms with Crippen LogP contribution >= 0.6 is 11.6 Å². The minimum Gasteiger partial charge on any atom is -0.478 e. The Morgan fingerprint density at radius 2 is 1.95 bits per heavy atom. The fourth-order valence-corrected chi connectivity index (χ4v) is 2.68. The molecule has 0 saturated carbocycles. The topological polar surface area (TPSA) is 52.4 Å². The smallest absolute Gasteiger partial charge is 0.257 e. The van der Waals surface area contributed by atoms with Crippen LogP contribution in [0, 0.1) is 10.1 Å². The monoisotopic (exact) mass is 289 g/mol. The van der Waals surface area contributed by atoms with Gasteiger partial charge in [0, 0.05) is 21.9 Å². The van der Waals surface area contributed by atoms with Gasteiger partial charge in [0.15, 0.2) is 6.10 Å². The molecule has 0 aliphatic carbocycles. The van der Waals surface area contributed by atoms with Gasteiger partial charge in [0.1, 0.15) is 5.75 Å². The minimum absolute atomic E-state index is 0.276. The lowest BCUT2D eigenvalue weighted by Crippen LogP contribution is -2.36. The van der Waals surface area contributed by atoms with E-state index in [4.69, 9.17) is 16.3 Å². The third-order valence-electron chi connectivity index (χ3n) is 3.45. The maximum Gasteiger partial charge on any atom is 0.257 e. The second-order valence-corrected chi connectivity index (χ2v) is 5.19. The van der Waals surface area contributed by atoms with Gasteiger partial charge in [0.2, 0.25) is 0 Å². The standard InChI is InChI=1S/C15H12ClNO3/c16-12-6-7-14-11(8-12)9-13(17(18)19)15(20-14)10-4-2-1-3-5-10/h1-8,13,15H,9H2. The zero-order valence-electron chi connectivity index (χ0n) is 10.5. The molecular weight excluding hydrogens is 278 g/mol. The van der Waals surface area contributed by atoms with Crippen molar-refractivity contribution in [2.45, 2.75) is 18.6 Å². The number of fused-ring (bicyclic) bond motifs is 1. The molecule has 4 nitrogen and oxygen atoms in total. The number of nitro groups is 1. The SMILES string of the molecule is O=[N+]([O-])C1Cc2cc(Cl)ccc2OC1c1ccccc1. The summed E-state index contributed by atoms with van der Waals surface area (Å²) in [5.74, 6) is 0.668. The highest BCUT2D eigenvalue weighted by molar-refractivity contribution is 6.30. The lowest BCUT2D eigenvalue weighted by Gasteiger charge is -2.29. The molecule has 2 aromatic rings. The second-order valence-electron chi connectivity index (χ2n) is 4.76. The van der Waals surface area contributed by atoms with Crippen LogP contribution in [-0.4, -0.2) is 11.0 Å². The van der Waals surface area contributed by atoms with Gasteiger partial charge in [-0.2, -0.15) is 0 Å². The highest BCUT2D eigenvalue weighted by atomic mass is 35.5. The van der Waals surface area contributed by atoms with Crippen molar-refractivity contribution in [1.82, 2.24) is 0 Å². The molecule has 0 N–H and O–H groups in total. The number of nitrogens with zero attached hydrogens (tertiary/aromatic N) is 1. The number of ether oxygens (including phenoxy) is 1. The summed E-state index contributed by atoms with van der Waals surface area (Å²) < 4.78 is 5.85. The molecule has 3 rings (SSSR count). The predicted molar refractivity (Wildman–Crippen MR) is 75.7 cm³/mol. The number of benzene rings is 2. The summed E-state index contributed by atoms with van der Waals surface area (Å²) >= 11 is 5.93. The van der Waals surface area contributed by atoms with E-state index < -0.39 is 12.1 Å². The van der Waals surface area contributed by atoms with Crippen LogP contribution in [-0.2, 0) is 6.42 Å². The van der Waals surface area contributed by atoms with Crippen molar-refractivity contribution in [3.05, 3.63) is 74.8 Å². The van der Waals surface area contributed by atoms with Crippen LogP contribution in [0.4, 0.5) is 0 Å². The summed E-state index contributed by atoms with van der Waals surface area (Å²) in [6, 6.07) is 13.7. The average Bonchev–Trinajstić information content (AvgIpc) is 2.46. The normalized spacial score (nSPS) is 20.9. The molecule has 102 valence electrons. The molecule has 1 heterocycles. The molecule has 2 unspecified atom stereocenters. The highest BCUT2D eigenvalue weighted by Crippen LogP contribution is 2.37. The molecule has 2 aromatic carbocycles. The van der Waals surface area contributed by atoms with Crippen molar-refractivity contribution in [1.29, 1.82) is 0 Å². The quantitative estimate of drug-likeness (QED) is 0.626. The summed E-state index contributed by atoms with van der Waals surface area (Å²) in [5.41, 5.74) is 1.60. The average molecular weight is 290 g/mol. The van der Waals surface area contributed by atoms with E-state index in [-0.39, 0.29) is 4.92 Å². The molecule has 5 heteroatoms. The van der Waals surface area contributed by atoms with E-state index in [2.05, 4.69) is 0 Å². The van der Waals surface area contributed by atoms with E-state index in [1.165, 1.54) is 0 Å². The first-order valence-corrected chi connectivity index (χ1v) is 6.66. The predicted octanol–water partition coefficient (Wildman–Crippen LogP) is 3.66. The molecule has 0 amide bonds. The molecule has 0 saturated heterocycles. The number of rotatable bonds is 2. The van der Waals surface area contributed by atoms with Gasteiger partial charge in [-0.25, -0.2) is 0 Å². The molecule has 1 aliphatic heterocycles. The highest BCUT2D eigenvalue weighted by Gasteiger charge is 2.39. The van der Waals surface area contributed by atoms with Crippen molar-refractivity contribution < 1.29 is 9.66 Å². The molecule has 0 aromatic heterocycles. The van der Waals surface area contributed by atoms with Gasteiger partial charge in [0.25, 0.3) is 6.04 Å². The van der Waals surface area contributed by atoms with Gasteiger partial charge in [-0.3, -0.25) is 10.1 Å². The Morgan fingerprint density at radius 3 is 2.65 bits per heavy atom. The van der Waals surface area contributed by atoms with Crippen molar-refractivity contribution in [3.63, 3.8) is 0 Å². The van der Waals surface area contributed by atoms with Crippen LogP contribution in [0.3, 0.4) is 0 Å². The largest absolute Gasteiger partial charge is 0.478 e. The van der Waals surface area contributed by atoms with Crippen molar-refractivity contribution in [3.8, 4) is 5.75 Å². The Morgan fingerprint density at radius 1 is 1.20 bits per heavy atom. The second kappa shape index (κ2) is 5.13. The molecule has 1 aliphatic rings. The maximum absolute atomic E-state index is 11.3. The molecule has 0 fully saturated rings. The Bertz CT molecular complexity index is 645. The number of halogens is 1. The molecule has 0 spiro atoms. The van der Waals surface area contributed by atoms with E-state index in [1.807, 2.05) is 30.3 Å². The molecule has 0 bridgehead atoms. The van der Waals surface area contributed by atoms with E-state index in [1.54, 1.807) is 18.2 Å². The van der Waals surface area contributed by atoms with E-state index in [9.17, 15) is 10.1 Å². The van der Waals surface area contributed by atoms with Gasteiger partial charge in [-0.15, -0.1) is 0 Å². The Hall–Kier alpha value is -2.07. The van der Waals surface area contributed by atoms with Crippen LogP contribution in [0.2, 0.25) is 5.02 Å². The van der Waals surface area contributed by atoms with Gasteiger partial charge in [-0.05, 0) is 23.8 Å². The molecule has 0 radical (unpaired) electrons. The van der Waals surface area contributed by atoms with Crippen LogP contribution in [0.5, 0.6) is 5.75 Å². The zero-order valence-corrected chi connectivity index (χ0v) is 11.3. The maximum atomic E-state index is 11.3. The van der Waals surface area contributed by atoms with E-state index in [0.717, 1.165) is 11.1 Å². The molecule has 20 heavy (non-hydrogen) atoms. The summed E-state index contributed by atoms with van der Waals surface area (Å²) in [5, 5.41) is 11.9. The lowest BCUT2D eigenvalue weighted by molar-refractivity contribution is -0.535. The third-order valence-corrected chi connectivity index (χ3v) is 3.69. The fourth-order valence-electron chi connectivity index (χ4n) is 2.49. The number of hydrogen-bond acceptors (Lipinski definition) is 3. The summed E-state index contributed by atoms with van der Waals surface area (Å²) in [4.78, 5) is 11.0. The lowest BCUT2D eigenvalue weighted by atomic mass is 9.93.